The van der Waals surface area contributed by atoms with Gasteiger partial charge in [-0.3, -0.25) is 19.0 Å². The summed E-state index contributed by atoms with van der Waals surface area (Å²) in [6.45, 7) is 3.79. The summed E-state index contributed by atoms with van der Waals surface area (Å²) < 4.78 is 14.2. The Bertz CT molecular complexity index is 1360. The lowest BCUT2D eigenvalue weighted by atomic mass is 10.1. The number of thioether (sulfide) groups is 1. The van der Waals surface area contributed by atoms with E-state index in [1.807, 2.05) is 24.3 Å². The van der Waals surface area contributed by atoms with Crippen LogP contribution >= 0.6 is 46.0 Å². The quantitative estimate of drug-likeness (QED) is 0.197. The zero-order valence-electron chi connectivity index (χ0n) is 20.8. The van der Waals surface area contributed by atoms with Gasteiger partial charge in [-0.2, -0.15) is 9.97 Å². The molecule has 1 aliphatic rings. The monoisotopic (exact) mass is 672 g/mol. The van der Waals surface area contributed by atoms with E-state index in [0.717, 1.165) is 9.13 Å². The summed E-state index contributed by atoms with van der Waals surface area (Å²) in [5.41, 5.74) is 1.88. The maximum absolute atomic E-state index is 12.8. The van der Waals surface area contributed by atoms with Gasteiger partial charge in [-0.1, -0.05) is 26.0 Å². The minimum absolute atomic E-state index is 0.00805. The van der Waals surface area contributed by atoms with Gasteiger partial charge in [0, 0.05) is 30.0 Å². The molecule has 4 atom stereocenters. The van der Waals surface area contributed by atoms with Crippen LogP contribution in [-0.2, 0) is 30.4 Å². The number of aromatic nitrogens is 4. The van der Waals surface area contributed by atoms with Gasteiger partial charge in [0.15, 0.2) is 29.2 Å². The second-order valence-corrected chi connectivity index (χ2v) is 11.2. The SMILES string of the molecule is CCC(=O)O[C@@H]1[C@H](OC(=O)CC)[C@@H](C(=O)NC)S[C@H]1n1cnc2c(NCc3cccc(I)c3)nc(Cl)nc21. The standard InChI is InChI=1S/C24H26ClIN6O5S/c1-4-14(33)36-17-18(37-15(34)5-2)23(38-19(17)22(35)27-3)32-11-29-16-20(30-24(25)31-21(16)32)28-10-12-7-6-8-13(26)9-12/h6-9,11,17-19,23H,4-5,10H2,1-3H3,(H,27,35)(H,28,30,31)/t17-,18+,19-,23+/m0/s1. The first-order chi connectivity index (χ1) is 18.2. The van der Waals surface area contributed by atoms with Gasteiger partial charge < -0.3 is 20.1 Å². The summed E-state index contributed by atoms with van der Waals surface area (Å²) in [4.78, 5) is 50.7. The molecule has 1 aliphatic heterocycles. The fourth-order valence-corrected chi connectivity index (χ4v) is 6.30. The lowest BCUT2D eigenvalue weighted by Gasteiger charge is -2.25. The second kappa shape index (κ2) is 12.5. The number of esters is 2. The number of ether oxygens (including phenoxy) is 2. The molecule has 2 N–H and O–H groups in total. The van der Waals surface area contributed by atoms with Crippen LogP contribution in [0.1, 0.15) is 37.6 Å². The number of nitrogens with zero attached hydrogens (tertiary/aromatic N) is 4. The van der Waals surface area contributed by atoms with E-state index in [1.165, 1.54) is 25.1 Å². The minimum Gasteiger partial charge on any atom is -0.457 e. The third kappa shape index (κ3) is 6.15. The topological polar surface area (TPSA) is 137 Å². The zero-order valence-corrected chi connectivity index (χ0v) is 24.5. The minimum atomic E-state index is -1.01. The first-order valence-corrected chi connectivity index (χ1v) is 14.3. The molecule has 2 aromatic heterocycles. The van der Waals surface area contributed by atoms with Crippen LogP contribution in [0, 0.1) is 3.57 Å². The molecule has 11 nitrogen and oxygen atoms in total. The van der Waals surface area contributed by atoms with Gasteiger partial charge in [-0.05, 0) is 51.9 Å². The molecule has 0 saturated carbocycles. The van der Waals surface area contributed by atoms with E-state index >= 15 is 0 Å². The lowest BCUT2D eigenvalue weighted by molar-refractivity contribution is -0.168. The number of hydrogen-bond acceptors (Lipinski definition) is 10. The molecular formula is C24H26ClIN6O5S. The Morgan fingerprint density at radius 2 is 1.84 bits per heavy atom. The Labute approximate surface area is 241 Å². The van der Waals surface area contributed by atoms with E-state index in [9.17, 15) is 14.4 Å². The first kappa shape index (κ1) is 28.4. The van der Waals surface area contributed by atoms with Crippen LogP contribution in [0.2, 0.25) is 5.28 Å². The Balaban J connectivity index is 1.73. The second-order valence-electron chi connectivity index (χ2n) is 8.33. The van der Waals surface area contributed by atoms with Crippen LogP contribution in [0.25, 0.3) is 11.2 Å². The Morgan fingerprint density at radius 3 is 2.50 bits per heavy atom. The maximum Gasteiger partial charge on any atom is 0.306 e. The van der Waals surface area contributed by atoms with E-state index < -0.39 is 34.8 Å². The molecule has 3 aromatic rings. The zero-order chi connectivity index (χ0) is 27.4. The van der Waals surface area contributed by atoms with Crippen LogP contribution in [0.4, 0.5) is 5.82 Å². The van der Waals surface area contributed by atoms with Crippen molar-refractivity contribution in [2.24, 2.45) is 0 Å². The largest absolute Gasteiger partial charge is 0.457 e. The number of amides is 1. The number of imidazole rings is 1. The van der Waals surface area contributed by atoms with Crippen molar-refractivity contribution in [3.63, 3.8) is 0 Å². The van der Waals surface area contributed by atoms with Gasteiger partial charge in [-0.25, -0.2) is 4.98 Å². The van der Waals surface area contributed by atoms with Crippen molar-refractivity contribution in [2.45, 2.75) is 56.1 Å². The number of benzene rings is 1. The van der Waals surface area contributed by atoms with Gasteiger partial charge in [-0.15, -0.1) is 11.8 Å². The molecule has 4 rings (SSSR count). The number of carbonyl (C=O) groups is 3. The number of nitrogens with one attached hydrogen (secondary N) is 2. The molecule has 3 heterocycles. The molecule has 0 radical (unpaired) electrons. The fourth-order valence-electron chi connectivity index (χ4n) is 3.97. The number of carbonyl (C=O) groups excluding carboxylic acids is 3. The normalized spacial score (nSPS) is 20.8. The highest BCUT2D eigenvalue weighted by Crippen LogP contribution is 2.46. The van der Waals surface area contributed by atoms with Gasteiger partial charge in [0.2, 0.25) is 11.2 Å². The van der Waals surface area contributed by atoms with Crippen LogP contribution in [0.3, 0.4) is 0 Å². The lowest BCUT2D eigenvalue weighted by Crippen LogP contribution is -2.44. The molecule has 202 valence electrons. The van der Waals surface area contributed by atoms with Crippen molar-refractivity contribution in [2.75, 3.05) is 12.4 Å². The van der Waals surface area contributed by atoms with Gasteiger partial charge >= 0.3 is 11.9 Å². The highest BCUT2D eigenvalue weighted by Gasteiger charge is 2.53. The van der Waals surface area contributed by atoms with Gasteiger partial charge in [0.25, 0.3) is 0 Å². The average Bonchev–Trinajstić information content (AvgIpc) is 3.47. The van der Waals surface area contributed by atoms with E-state index in [2.05, 4.69) is 48.2 Å². The smallest absolute Gasteiger partial charge is 0.306 e. The average molecular weight is 673 g/mol. The van der Waals surface area contributed by atoms with Crippen molar-refractivity contribution >= 4 is 80.8 Å². The van der Waals surface area contributed by atoms with E-state index in [0.29, 0.717) is 23.5 Å². The Hall–Kier alpha value is -2.65. The van der Waals surface area contributed by atoms with Gasteiger partial charge in [0.1, 0.15) is 10.6 Å². The van der Waals surface area contributed by atoms with E-state index in [-0.39, 0.29) is 24.0 Å². The molecule has 1 amide bonds. The highest BCUT2D eigenvalue weighted by atomic mass is 127. The molecule has 1 saturated heterocycles. The van der Waals surface area contributed by atoms with Crippen LogP contribution in [-0.4, -0.2) is 61.9 Å². The summed E-state index contributed by atoms with van der Waals surface area (Å²) in [6.07, 6.45) is -0.243. The molecule has 38 heavy (non-hydrogen) atoms. The van der Waals surface area contributed by atoms with Crippen LogP contribution in [0.5, 0.6) is 0 Å². The summed E-state index contributed by atoms with van der Waals surface area (Å²) in [5, 5.41) is 4.35. The van der Waals surface area contributed by atoms with Crippen molar-refractivity contribution in [3.05, 3.63) is 45.0 Å². The molecular weight excluding hydrogens is 647 g/mol. The molecule has 0 spiro atoms. The number of hydrogen-bond donors (Lipinski definition) is 2. The Morgan fingerprint density at radius 1 is 1.13 bits per heavy atom. The third-order valence-electron chi connectivity index (χ3n) is 5.82. The van der Waals surface area contributed by atoms with Crippen molar-refractivity contribution < 1.29 is 23.9 Å². The fraction of sp³-hybridized carbons (Fsp3) is 0.417. The predicted octanol–water partition coefficient (Wildman–Crippen LogP) is 3.70. The van der Waals surface area contributed by atoms with Gasteiger partial charge in [0.05, 0.1) is 6.33 Å². The van der Waals surface area contributed by atoms with Crippen molar-refractivity contribution in [1.82, 2.24) is 24.8 Å². The van der Waals surface area contributed by atoms with E-state index in [1.54, 1.807) is 18.4 Å². The van der Waals surface area contributed by atoms with Crippen LogP contribution in [0.15, 0.2) is 30.6 Å². The maximum atomic E-state index is 12.8. The van der Waals surface area contributed by atoms with Crippen LogP contribution < -0.4 is 10.6 Å². The summed E-state index contributed by atoms with van der Waals surface area (Å²) in [5.74, 6) is -0.932. The summed E-state index contributed by atoms with van der Waals surface area (Å²) in [6, 6.07) is 8.01. The molecule has 1 aromatic carbocycles. The first-order valence-electron chi connectivity index (χ1n) is 11.9. The predicted molar refractivity (Wildman–Crippen MR) is 152 cm³/mol. The number of halogens is 2. The number of anilines is 1. The van der Waals surface area contributed by atoms with Crippen molar-refractivity contribution in [3.8, 4) is 0 Å². The molecule has 0 unspecified atom stereocenters. The molecule has 1 fully saturated rings. The third-order valence-corrected chi connectivity index (χ3v) is 8.21. The summed E-state index contributed by atoms with van der Waals surface area (Å²) in [7, 11) is 1.49. The molecule has 0 bridgehead atoms. The highest BCUT2D eigenvalue weighted by molar-refractivity contribution is 14.1. The van der Waals surface area contributed by atoms with Crippen molar-refractivity contribution in [1.29, 1.82) is 0 Å². The number of rotatable bonds is 9. The molecule has 14 heteroatoms. The Kier molecular flexibility index (Phi) is 9.31. The number of fused-ring (bicyclic) bond motifs is 1. The van der Waals surface area contributed by atoms with E-state index in [4.69, 9.17) is 21.1 Å². The summed E-state index contributed by atoms with van der Waals surface area (Å²) >= 11 is 9.74. The molecule has 0 aliphatic carbocycles.